The van der Waals surface area contributed by atoms with Crippen molar-refractivity contribution in [1.29, 1.82) is 0 Å². The van der Waals surface area contributed by atoms with Crippen molar-refractivity contribution in [3.63, 3.8) is 0 Å². The molecule has 0 aliphatic carbocycles. The van der Waals surface area contributed by atoms with E-state index in [0.29, 0.717) is 0 Å². The van der Waals surface area contributed by atoms with Crippen molar-refractivity contribution in [3.05, 3.63) is 0 Å². The number of aliphatic hydroxyl groups is 1. The Balaban J connectivity index is 3.27. The maximum atomic E-state index is 9.35. The van der Waals surface area contributed by atoms with Crippen molar-refractivity contribution in [2.45, 2.75) is 109 Å². The lowest BCUT2D eigenvalue weighted by Crippen LogP contribution is -2.43. The van der Waals surface area contributed by atoms with Crippen LogP contribution in [-0.4, -0.2) is 17.3 Å². The number of unbranched alkanes of at least 4 members (excludes halogenated alkanes) is 10. The van der Waals surface area contributed by atoms with Gasteiger partial charge in [0.05, 0.1) is 6.61 Å². The maximum absolute atomic E-state index is 9.35. The van der Waals surface area contributed by atoms with Gasteiger partial charge in [-0.2, -0.15) is 0 Å². The average molecular weight is 286 g/mol. The van der Waals surface area contributed by atoms with Gasteiger partial charge in [-0.1, -0.05) is 90.9 Å². The molecule has 0 aliphatic rings. The summed E-state index contributed by atoms with van der Waals surface area (Å²) in [7, 11) is 0. The van der Waals surface area contributed by atoms with Gasteiger partial charge in [0.1, 0.15) is 0 Å². The van der Waals surface area contributed by atoms with Crippen LogP contribution in [0.4, 0.5) is 0 Å². The molecule has 0 saturated carbocycles. The summed E-state index contributed by atoms with van der Waals surface area (Å²) >= 11 is 0. The number of nitrogens with two attached hydrogens (primary N) is 1. The smallest absolute Gasteiger partial charge is 0.0611 e. The fourth-order valence-corrected chi connectivity index (χ4v) is 2.92. The molecule has 0 bridgehead atoms. The second kappa shape index (κ2) is 13.9. The van der Waals surface area contributed by atoms with E-state index < -0.39 is 0 Å². The third-order valence-electron chi connectivity index (χ3n) is 4.34. The number of hydrogen-bond acceptors (Lipinski definition) is 2. The number of aliphatic hydroxyl groups excluding tert-OH is 1. The van der Waals surface area contributed by atoms with Gasteiger partial charge in [-0.3, -0.25) is 0 Å². The van der Waals surface area contributed by atoms with Crippen LogP contribution in [0.2, 0.25) is 0 Å². The van der Waals surface area contributed by atoms with E-state index >= 15 is 0 Å². The SMILES string of the molecule is CCCCCCCCCCCCCC(N)(CO)CCC. The quantitative estimate of drug-likeness (QED) is 0.407. The molecule has 0 aromatic carbocycles. The van der Waals surface area contributed by atoms with Crippen molar-refractivity contribution in [3.8, 4) is 0 Å². The first-order chi connectivity index (χ1) is 9.68. The molecule has 2 nitrogen and oxygen atoms in total. The molecule has 0 aromatic rings. The van der Waals surface area contributed by atoms with Gasteiger partial charge < -0.3 is 10.8 Å². The standard InChI is InChI=1S/C18H39NO/c1-3-5-6-7-8-9-10-11-12-13-14-16-18(19,17-20)15-4-2/h20H,3-17,19H2,1-2H3. The zero-order chi connectivity index (χ0) is 15.1. The molecule has 1 atom stereocenters. The minimum absolute atomic E-state index is 0.137. The maximum Gasteiger partial charge on any atom is 0.0611 e. The topological polar surface area (TPSA) is 46.2 Å². The minimum atomic E-state index is -0.311. The first-order valence-corrected chi connectivity index (χ1v) is 9.08. The molecule has 2 heteroatoms. The lowest BCUT2D eigenvalue weighted by molar-refractivity contribution is 0.174. The highest BCUT2D eigenvalue weighted by molar-refractivity contribution is 4.82. The van der Waals surface area contributed by atoms with E-state index in [9.17, 15) is 5.11 Å². The lowest BCUT2D eigenvalue weighted by Gasteiger charge is -2.26. The Morgan fingerprint density at radius 1 is 0.650 bits per heavy atom. The van der Waals surface area contributed by atoms with Gasteiger partial charge in [-0.25, -0.2) is 0 Å². The van der Waals surface area contributed by atoms with Crippen molar-refractivity contribution in [2.24, 2.45) is 5.73 Å². The highest BCUT2D eigenvalue weighted by atomic mass is 16.3. The van der Waals surface area contributed by atoms with Crippen molar-refractivity contribution in [1.82, 2.24) is 0 Å². The molecule has 0 fully saturated rings. The molecule has 0 saturated heterocycles. The summed E-state index contributed by atoms with van der Waals surface area (Å²) in [5.41, 5.74) is 5.87. The Morgan fingerprint density at radius 3 is 1.50 bits per heavy atom. The fraction of sp³-hybridized carbons (Fsp3) is 1.00. The van der Waals surface area contributed by atoms with Crippen LogP contribution >= 0.6 is 0 Å². The van der Waals surface area contributed by atoms with E-state index in [1.807, 2.05) is 0 Å². The van der Waals surface area contributed by atoms with E-state index in [1.54, 1.807) is 0 Å². The molecule has 0 radical (unpaired) electrons. The highest BCUT2D eigenvalue weighted by Gasteiger charge is 2.21. The third-order valence-corrected chi connectivity index (χ3v) is 4.34. The average Bonchev–Trinajstić information content (AvgIpc) is 2.45. The fourth-order valence-electron chi connectivity index (χ4n) is 2.92. The van der Waals surface area contributed by atoms with Crippen LogP contribution in [0, 0.1) is 0 Å². The summed E-state index contributed by atoms with van der Waals surface area (Å²) in [4.78, 5) is 0. The molecule has 1 unspecified atom stereocenters. The van der Waals surface area contributed by atoms with Gasteiger partial charge in [0.15, 0.2) is 0 Å². The molecule has 0 aliphatic heterocycles. The van der Waals surface area contributed by atoms with Gasteiger partial charge in [0, 0.05) is 5.54 Å². The highest BCUT2D eigenvalue weighted by Crippen LogP contribution is 2.19. The summed E-state index contributed by atoms with van der Waals surface area (Å²) in [6, 6.07) is 0. The van der Waals surface area contributed by atoms with E-state index in [-0.39, 0.29) is 12.1 Å². The van der Waals surface area contributed by atoms with Crippen LogP contribution in [0.3, 0.4) is 0 Å². The van der Waals surface area contributed by atoms with E-state index in [1.165, 1.54) is 70.6 Å². The van der Waals surface area contributed by atoms with Crippen LogP contribution in [0.1, 0.15) is 104 Å². The monoisotopic (exact) mass is 285 g/mol. The molecule has 0 heterocycles. The molecule has 0 amide bonds. The molecular weight excluding hydrogens is 246 g/mol. The molecule has 0 spiro atoms. The summed E-state index contributed by atoms with van der Waals surface area (Å²) in [6.07, 6.45) is 18.0. The van der Waals surface area contributed by atoms with Gasteiger partial charge >= 0.3 is 0 Å². The van der Waals surface area contributed by atoms with E-state index in [2.05, 4.69) is 13.8 Å². The van der Waals surface area contributed by atoms with Gasteiger partial charge in [0.2, 0.25) is 0 Å². The van der Waals surface area contributed by atoms with Crippen molar-refractivity contribution < 1.29 is 5.11 Å². The Kier molecular flexibility index (Phi) is 13.8. The van der Waals surface area contributed by atoms with Crippen molar-refractivity contribution in [2.75, 3.05) is 6.61 Å². The Hall–Kier alpha value is -0.0800. The Morgan fingerprint density at radius 2 is 1.10 bits per heavy atom. The Bertz CT molecular complexity index is 196. The molecule has 0 rings (SSSR count). The zero-order valence-corrected chi connectivity index (χ0v) is 14.1. The van der Waals surface area contributed by atoms with Gasteiger partial charge in [-0.05, 0) is 12.8 Å². The third kappa shape index (κ3) is 11.7. The van der Waals surface area contributed by atoms with Crippen LogP contribution in [0.5, 0.6) is 0 Å². The van der Waals surface area contributed by atoms with E-state index in [4.69, 9.17) is 5.73 Å². The van der Waals surface area contributed by atoms with Crippen LogP contribution < -0.4 is 5.73 Å². The number of rotatable bonds is 15. The van der Waals surface area contributed by atoms with Gasteiger partial charge in [-0.15, -0.1) is 0 Å². The molecule has 3 N–H and O–H groups in total. The zero-order valence-electron chi connectivity index (χ0n) is 14.1. The largest absolute Gasteiger partial charge is 0.394 e. The predicted molar refractivity (Wildman–Crippen MR) is 90.0 cm³/mol. The molecular formula is C18H39NO. The Labute approximate surface area is 127 Å². The minimum Gasteiger partial charge on any atom is -0.394 e. The summed E-state index contributed by atoms with van der Waals surface area (Å²) < 4.78 is 0. The first-order valence-electron chi connectivity index (χ1n) is 9.08. The lowest BCUT2D eigenvalue weighted by atomic mass is 9.89. The molecule has 0 aromatic heterocycles. The summed E-state index contributed by atoms with van der Waals surface area (Å²) in [5, 5.41) is 9.35. The van der Waals surface area contributed by atoms with Crippen LogP contribution in [-0.2, 0) is 0 Å². The van der Waals surface area contributed by atoms with E-state index in [0.717, 1.165) is 19.3 Å². The van der Waals surface area contributed by atoms with Crippen LogP contribution in [0.15, 0.2) is 0 Å². The second-order valence-electron chi connectivity index (χ2n) is 6.56. The van der Waals surface area contributed by atoms with Gasteiger partial charge in [0.25, 0.3) is 0 Å². The van der Waals surface area contributed by atoms with Crippen LogP contribution in [0.25, 0.3) is 0 Å². The normalized spacial score (nSPS) is 14.4. The van der Waals surface area contributed by atoms with Crippen molar-refractivity contribution >= 4 is 0 Å². The predicted octanol–water partition coefficient (Wildman–Crippen LogP) is 5.18. The summed E-state index contributed by atoms with van der Waals surface area (Å²) in [5.74, 6) is 0. The second-order valence-corrected chi connectivity index (χ2v) is 6.56. The number of hydrogen-bond donors (Lipinski definition) is 2. The molecule has 20 heavy (non-hydrogen) atoms. The summed E-state index contributed by atoms with van der Waals surface area (Å²) in [6.45, 7) is 4.55. The first kappa shape index (κ1) is 19.9. The molecule has 122 valence electrons.